The summed E-state index contributed by atoms with van der Waals surface area (Å²) in [4.78, 5) is 3.83. The normalized spacial score (nSPS) is 13.3. The number of alkyl halides is 3. The lowest BCUT2D eigenvalue weighted by Gasteiger charge is -2.14. The Morgan fingerprint density at radius 1 is 1.11 bits per heavy atom. The van der Waals surface area contributed by atoms with E-state index < -0.39 is 17.8 Å². The highest BCUT2D eigenvalue weighted by Gasteiger charge is 2.30. The van der Waals surface area contributed by atoms with Crippen molar-refractivity contribution in [2.75, 3.05) is 5.73 Å². The van der Waals surface area contributed by atoms with Crippen molar-refractivity contribution in [3.63, 3.8) is 0 Å². The smallest absolute Gasteiger partial charge is 0.398 e. The van der Waals surface area contributed by atoms with Gasteiger partial charge >= 0.3 is 6.18 Å². The van der Waals surface area contributed by atoms with Crippen LogP contribution in [-0.2, 0) is 6.18 Å². The Balaban J connectivity index is 2.31. The third-order valence-electron chi connectivity index (χ3n) is 2.74. The van der Waals surface area contributed by atoms with Crippen molar-refractivity contribution in [3.05, 3.63) is 59.4 Å². The van der Waals surface area contributed by atoms with Crippen molar-refractivity contribution >= 4 is 5.69 Å². The van der Waals surface area contributed by atoms with Crippen LogP contribution in [0.15, 0.2) is 42.7 Å². The number of halogens is 3. The first-order chi connectivity index (χ1) is 8.89. The molecule has 0 aliphatic carbocycles. The first kappa shape index (κ1) is 13.4. The Kier molecular flexibility index (Phi) is 3.44. The first-order valence-corrected chi connectivity index (χ1v) is 5.44. The Bertz CT molecular complexity index is 567. The van der Waals surface area contributed by atoms with Crippen LogP contribution in [-0.4, -0.2) is 10.1 Å². The van der Waals surface area contributed by atoms with Gasteiger partial charge < -0.3 is 10.8 Å². The monoisotopic (exact) mass is 268 g/mol. The van der Waals surface area contributed by atoms with Crippen LogP contribution in [0.25, 0.3) is 0 Å². The largest absolute Gasteiger partial charge is 0.416 e. The predicted molar refractivity (Wildman–Crippen MR) is 64.2 cm³/mol. The van der Waals surface area contributed by atoms with Crippen LogP contribution in [0.1, 0.15) is 22.8 Å². The molecule has 1 aromatic heterocycles. The molecule has 0 aliphatic heterocycles. The van der Waals surface area contributed by atoms with Crippen molar-refractivity contribution in [3.8, 4) is 0 Å². The molecule has 0 fully saturated rings. The van der Waals surface area contributed by atoms with Crippen LogP contribution in [0, 0.1) is 0 Å². The number of rotatable bonds is 2. The molecule has 0 amide bonds. The number of aliphatic hydroxyl groups excluding tert-OH is 1. The summed E-state index contributed by atoms with van der Waals surface area (Å²) < 4.78 is 37.2. The molecular weight excluding hydrogens is 257 g/mol. The fraction of sp³-hybridized carbons (Fsp3) is 0.154. The van der Waals surface area contributed by atoms with Crippen molar-refractivity contribution in [2.24, 2.45) is 0 Å². The van der Waals surface area contributed by atoms with Gasteiger partial charge in [-0.05, 0) is 23.8 Å². The van der Waals surface area contributed by atoms with E-state index in [1.165, 1.54) is 30.6 Å². The van der Waals surface area contributed by atoms with Crippen LogP contribution in [0.2, 0.25) is 0 Å². The fourth-order valence-corrected chi connectivity index (χ4v) is 1.68. The maximum Gasteiger partial charge on any atom is 0.416 e. The molecule has 0 radical (unpaired) electrons. The molecule has 19 heavy (non-hydrogen) atoms. The number of benzene rings is 1. The van der Waals surface area contributed by atoms with Crippen molar-refractivity contribution in [1.29, 1.82) is 0 Å². The maximum absolute atomic E-state index is 12.4. The lowest BCUT2D eigenvalue weighted by molar-refractivity contribution is -0.137. The number of nitrogen functional groups attached to an aromatic ring is 1. The summed E-state index contributed by atoms with van der Waals surface area (Å²) in [5, 5.41) is 10.1. The molecular formula is C13H11F3N2O. The van der Waals surface area contributed by atoms with Crippen molar-refractivity contribution in [1.82, 2.24) is 4.98 Å². The summed E-state index contributed by atoms with van der Waals surface area (Å²) in [6.45, 7) is 0. The summed E-state index contributed by atoms with van der Waals surface area (Å²) in [5.41, 5.74) is 5.94. The number of anilines is 1. The number of nitrogens with zero attached hydrogens (tertiary/aromatic N) is 1. The van der Waals surface area contributed by atoms with E-state index >= 15 is 0 Å². The second-order valence-electron chi connectivity index (χ2n) is 4.03. The molecule has 100 valence electrons. The Labute approximate surface area is 107 Å². The summed E-state index contributed by atoms with van der Waals surface area (Å²) in [7, 11) is 0. The number of hydrogen-bond acceptors (Lipinski definition) is 3. The molecule has 2 aromatic rings. The summed E-state index contributed by atoms with van der Waals surface area (Å²) in [6, 6.07) is 5.80. The number of pyridine rings is 1. The summed E-state index contributed by atoms with van der Waals surface area (Å²) in [5.74, 6) is 0. The van der Waals surface area contributed by atoms with Gasteiger partial charge in [-0.2, -0.15) is 13.2 Å². The van der Waals surface area contributed by atoms with Gasteiger partial charge in [-0.15, -0.1) is 0 Å². The van der Waals surface area contributed by atoms with E-state index in [1.807, 2.05) is 0 Å². The van der Waals surface area contributed by atoms with Gasteiger partial charge in [-0.25, -0.2) is 0 Å². The van der Waals surface area contributed by atoms with Gasteiger partial charge in [0.25, 0.3) is 0 Å². The fourth-order valence-electron chi connectivity index (χ4n) is 1.68. The van der Waals surface area contributed by atoms with Crippen LogP contribution in [0.5, 0.6) is 0 Å². The maximum atomic E-state index is 12.4. The molecule has 6 heteroatoms. The Hall–Kier alpha value is -2.08. The number of aliphatic hydroxyl groups is 1. The highest BCUT2D eigenvalue weighted by atomic mass is 19.4. The zero-order chi connectivity index (χ0) is 14.0. The highest BCUT2D eigenvalue weighted by molar-refractivity contribution is 5.48. The average Bonchev–Trinajstić information content (AvgIpc) is 2.38. The summed E-state index contributed by atoms with van der Waals surface area (Å²) in [6.07, 6.45) is -2.64. The summed E-state index contributed by atoms with van der Waals surface area (Å²) >= 11 is 0. The molecule has 0 spiro atoms. The lowest BCUT2D eigenvalue weighted by Crippen LogP contribution is -2.07. The molecule has 1 heterocycles. The molecule has 3 N–H and O–H groups in total. The average molecular weight is 268 g/mol. The molecule has 1 unspecified atom stereocenters. The van der Waals surface area contributed by atoms with Gasteiger partial charge in [0.2, 0.25) is 0 Å². The second-order valence-corrected chi connectivity index (χ2v) is 4.03. The zero-order valence-electron chi connectivity index (χ0n) is 9.72. The van der Waals surface area contributed by atoms with E-state index in [0.29, 0.717) is 16.8 Å². The molecule has 3 nitrogen and oxygen atoms in total. The van der Waals surface area contributed by atoms with Crippen LogP contribution >= 0.6 is 0 Å². The molecule has 1 atom stereocenters. The van der Waals surface area contributed by atoms with Gasteiger partial charge in [-0.1, -0.05) is 12.1 Å². The molecule has 0 aliphatic rings. The molecule has 0 saturated carbocycles. The topological polar surface area (TPSA) is 59.1 Å². The second kappa shape index (κ2) is 4.89. The number of hydrogen-bond donors (Lipinski definition) is 2. The van der Waals surface area contributed by atoms with E-state index in [1.54, 1.807) is 0 Å². The van der Waals surface area contributed by atoms with Gasteiger partial charge in [0.1, 0.15) is 6.10 Å². The molecule has 1 aromatic carbocycles. The lowest BCUT2D eigenvalue weighted by atomic mass is 10.0. The zero-order valence-corrected chi connectivity index (χ0v) is 9.72. The third-order valence-corrected chi connectivity index (χ3v) is 2.74. The van der Waals surface area contributed by atoms with Gasteiger partial charge in [-0.3, -0.25) is 4.98 Å². The third kappa shape index (κ3) is 2.85. The minimum Gasteiger partial charge on any atom is -0.398 e. The van der Waals surface area contributed by atoms with E-state index in [0.717, 1.165) is 12.1 Å². The Morgan fingerprint density at radius 2 is 1.74 bits per heavy atom. The number of aromatic nitrogens is 1. The van der Waals surface area contributed by atoms with Crippen LogP contribution in [0.4, 0.5) is 18.9 Å². The van der Waals surface area contributed by atoms with Crippen molar-refractivity contribution < 1.29 is 18.3 Å². The van der Waals surface area contributed by atoms with Crippen molar-refractivity contribution in [2.45, 2.75) is 12.3 Å². The quantitative estimate of drug-likeness (QED) is 0.880. The number of nitrogens with two attached hydrogens (primary N) is 1. The molecule has 2 rings (SSSR count). The van der Waals surface area contributed by atoms with Gasteiger partial charge in [0.15, 0.2) is 0 Å². The Morgan fingerprint density at radius 3 is 2.26 bits per heavy atom. The van der Waals surface area contributed by atoms with Crippen LogP contribution in [0.3, 0.4) is 0 Å². The molecule has 0 bridgehead atoms. The van der Waals surface area contributed by atoms with E-state index in [4.69, 9.17) is 5.73 Å². The van der Waals surface area contributed by atoms with E-state index in [-0.39, 0.29) is 0 Å². The molecule has 0 saturated heterocycles. The standard InChI is InChI=1S/C13H11F3N2O/c14-13(15,16)9-3-1-8(2-4-9)12(19)10-7-18-6-5-11(10)17/h1-7,12,19H,(H2,17,18). The minimum atomic E-state index is -4.39. The van der Waals surface area contributed by atoms with Crippen LogP contribution < -0.4 is 5.73 Å². The van der Waals surface area contributed by atoms with Gasteiger partial charge in [0.05, 0.1) is 5.56 Å². The highest BCUT2D eigenvalue weighted by Crippen LogP contribution is 2.31. The predicted octanol–water partition coefficient (Wildman–Crippen LogP) is 2.76. The van der Waals surface area contributed by atoms with E-state index in [9.17, 15) is 18.3 Å². The first-order valence-electron chi connectivity index (χ1n) is 5.44. The van der Waals surface area contributed by atoms with E-state index in [2.05, 4.69) is 4.98 Å². The SMILES string of the molecule is Nc1ccncc1C(O)c1ccc(C(F)(F)F)cc1. The minimum absolute atomic E-state index is 0.327. The van der Waals surface area contributed by atoms with Gasteiger partial charge in [0, 0.05) is 23.6 Å².